The van der Waals surface area contributed by atoms with Crippen LogP contribution in [0.5, 0.6) is 0 Å². The van der Waals surface area contributed by atoms with Gasteiger partial charge >= 0.3 is 0 Å². The van der Waals surface area contributed by atoms with Gasteiger partial charge in [0.05, 0.1) is 5.02 Å². The molecule has 1 nitrogen and oxygen atoms in total. The van der Waals surface area contributed by atoms with Crippen molar-refractivity contribution >= 4 is 17.7 Å². The number of hydrogen-bond donors (Lipinski definition) is 1. The third kappa shape index (κ3) is 3.33. The van der Waals surface area contributed by atoms with Gasteiger partial charge in [0, 0.05) is 6.54 Å². The Balaban J connectivity index is 2.19. The number of hydrogen-bond acceptors (Lipinski definition) is 1. The molecule has 98 valence electrons. The molecule has 0 radical (unpaired) electrons. The van der Waals surface area contributed by atoms with E-state index in [0.29, 0.717) is 12.5 Å². The summed E-state index contributed by atoms with van der Waals surface area (Å²) in [5.41, 5.74) is 8.04. The van der Waals surface area contributed by atoms with E-state index in [1.165, 1.54) is 43.7 Å². The van der Waals surface area contributed by atoms with Crippen molar-refractivity contribution in [3.63, 3.8) is 0 Å². The van der Waals surface area contributed by atoms with Crippen molar-refractivity contribution in [1.82, 2.24) is 0 Å². The highest BCUT2D eigenvalue weighted by Crippen LogP contribution is 2.30. The molecule has 3 heteroatoms. The molecule has 1 saturated carbocycles. The Kier molecular flexibility index (Phi) is 4.79. The Bertz CT molecular complexity index is 436. The average molecular weight is 268 g/mol. The van der Waals surface area contributed by atoms with Crippen LogP contribution in [0, 0.1) is 11.7 Å². The van der Waals surface area contributed by atoms with E-state index in [1.807, 2.05) is 0 Å². The molecule has 1 fully saturated rings. The summed E-state index contributed by atoms with van der Waals surface area (Å²) in [6.45, 7) is 0.569. The van der Waals surface area contributed by atoms with Crippen LogP contribution < -0.4 is 5.73 Å². The first kappa shape index (κ1) is 13.6. The fourth-order valence-corrected chi connectivity index (χ4v) is 2.82. The molecule has 0 aromatic heterocycles. The van der Waals surface area contributed by atoms with Crippen molar-refractivity contribution in [2.75, 3.05) is 6.54 Å². The van der Waals surface area contributed by atoms with Gasteiger partial charge in [-0.2, -0.15) is 0 Å². The lowest BCUT2D eigenvalue weighted by Crippen LogP contribution is -2.16. The predicted octanol–water partition coefficient (Wildman–Crippen LogP) is 4.40. The lowest BCUT2D eigenvalue weighted by atomic mass is 9.83. The van der Waals surface area contributed by atoms with Gasteiger partial charge in [0.25, 0.3) is 0 Å². The van der Waals surface area contributed by atoms with E-state index in [0.717, 1.165) is 5.56 Å². The number of nitrogens with two attached hydrogens (primary N) is 1. The zero-order valence-corrected chi connectivity index (χ0v) is 11.2. The van der Waals surface area contributed by atoms with Gasteiger partial charge in [-0.1, -0.05) is 48.6 Å². The minimum absolute atomic E-state index is 0.170. The Morgan fingerprint density at radius 3 is 2.67 bits per heavy atom. The first-order valence-corrected chi connectivity index (χ1v) is 6.94. The molecule has 2 rings (SSSR count). The average Bonchev–Trinajstić information content (AvgIpc) is 2.41. The van der Waals surface area contributed by atoms with Crippen LogP contribution in [0.4, 0.5) is 4.39 Å². The van der Waals surface area contributed by atoms with Crippen LogP contribution in [0.1, 0.15) is 37.7 Å². The zero-order valence-electron chi connectivity index (χ0n) is 10.5. The van der Waals surface area contributed by atoms with Gasteiger partial charge in [0.15, 0.2) is 0 Å². The second-order valence-corrected chi connectivity index (χ2v) is 5.34. The molecule has 0 aliphatic heterocycles. The highest BCUT2D eigenvalue weighted by atomic mass is 35.5. The van der Waals surface area contributed by atoms with Crippen molar-refractivity contribution < 1.29 is 4.39 Å². The lowest BCUT2D eigenvalue weighted by Gasteiger charge is -2.24. The van der Waals surface area contributed by atoms with Crippen LogP contribution in [0.25, 0.3) is 6.08 Å². The summed E-state index contributed by atoms with van der Waals surface area (Å²) in [4.78, 5) is 0. The molecular formula is C15H19ClFN. The van der Waals surface area contributed by atoms with Crippen molar-refractivity contribution in [2.24, 2.45) is 11.7 Å². The molecular weight excluding hydrogens is 249 g/mol. The molecule has 18 heavy (non-hydrogen) atoms. The minimum atomic E-state index is -0.374. The van der Waals surface area contributed by atoms with Gasteiger partial charge in [-0.3, -0.25) is 0 Å². The fourth-order valence-electron chi connectivity index (χ4n) is 2.63. The molecule has 1 aromatic carbocycles. The lowest BCUT2D eigenvalue weighted by molar-refractivity contribution is 0.401. The van der Waals surface area contributed by atoms with Crippen LogP contribution in [-0.4, -0.2) is 6.54 Å². The molecule has 0 atom stereocenters. The van der Waals surface area contributed by atoms with Crippen LogP contribution >= 0.6 is 11.6 Å². The van der Waals surface area contributed by atoms with E-state index < -0.39 is 0 Å². The van der Waals surface area contributed by atoms with Crippen LogP contribution in [0.15, 0.2) is 23.8 Å². The maximum Gasteiger partial charge on any atom is 0.141 e. The van der Waals surface area contributed by atoms with Gasteiger partial charge in [-0.15, -0.1) is 0 Å². The highest BCUT2D eigenvalue weighted by Gasteiger charge is 2.16. The molecule has 0 spiro atoms. The van der Waals surface area contributed by atoms with E-state index in [-0.39, 0.29) is 10.8 Å². The van der Waals surface area contributed by atoms with Gasteiger partial charge in [0.1, 0.15) is 5.82 Å². The standard InChI is InChI=1S/C15H19ClFN/c16-14-9-11(6-7-15(14)17)8-13(10-18)12-4-2-1-3-5-12/h6-9,12H,1-5,10,18H2/b13-8-. The summed E-state index contributed by atoms with van der Waals surface area (Å²) in [5, 5.41) is 0.170. The van der Waals surface area contributed by atoms with E-state index in [4.69, 9.17) is 17.3 Å². The topological polar surface area (TPSA) is 26.0 Å². The normalized spacial score (nSPS) is 18.1. The molecule has 1 aliphatic carbocycles. The summed E-state index contributed by atoms with van der Waals surface area (Å²) in [7, 11) is 0. The fraction of sp³-hybridized carbons (Fsp3) is 0.467. The third-order valence-electron chi connectivity index (χ3n) is 3.66. The molecule has 1 aliphatic rings. The number of halogens is 2. The van der Waals surface area contributed by atoms with Gasteiger partial charge in [-0.05, 0) is 36.5 Å². The molecule has 0 saturated heterocycles. The second-order valence-electron chi connectivity index (χ2n) is 4.93. The summed E-state index contributed by atoms with van der Waals surface area (Å²) in [6.07, 6.45) is 8.41. The van der Waals surface area contributed by atoms with Crippen LogP contribution in [-0.2, 0) is 0 Å². The van der Waals surface area contributed by atoms with Gasteiger partial charge in [0.2, 0.25) is 0 Å². The summed E-state index contributed by atoms with van der Waals surface area (Å²) >= 11 is 5.79. The Labute approximate surface area is 113 Å². The number of rotatable bonds is 3. The zero-order chi connectivity index (χ0) is 13.0. The maximum absolute atomic E-state index is 13.1. The first-order valence-electron chi connectivity index (χ1n) is 6.56. The van der Waals surface area contributed by atoms with Gasteiger partial charge < -0.3 is 5.73 Å². The molecule has 0 unspecified atom stereocenters. The first-order chi connectivity index (χ1) is 8.70. The van der Waals surface area contributed by atoms with E-state index >= 15 is 0 Å². The van der Waals surface area contributed by atoms with Crippen LogP contribution in [0.3, 0.4) is 0 Å². The summed E-state index contributed by atoms with van der Waals surface area (Å²) in [6, 6.07) is 4.82. The van der Waals surface area contributed by atoms with E-state index in [9.17, 15) is 4.39 Å². The Hall–Kier alpha value is -0.860. The van der Waals surface area contributed by atoms with Crippen molar-refractivity contribution in [3.8, 4) is 0 Å². The third-order valence-corrected chi connectivity index (χ3v) is 3.95. The predicted molar refractivity (Wildman–Crippen MR) is 75.0 cm³/mol. The minimum Gasteiger partial charge on any atom is -0.327 e. The second kappa shape index (κ2) is 6.35. The van der Waals surface area contributed by atoms with Crippen molar-refractivity contribution in [2.45, 2.75) is 32.1 Å². The summed E-state index contributed by atoms with van der Waals surface area (Å²) < 4.78 is 13.1. The molecule has 0 amide bonds. The van der Waals surface area contributed by atoms with Gasteiger partial charge in [-0.25, -0.2) is 4.39 Å². The van der Waals surface area contributed by atoms with E-state index in [2.05, 4.69) is 6.08 Å². The largest absolute Gasteiger partial charge is 0.327 e. The Morgan fingerprint density at radius 2 is 2.06 bits per heavy atom. The maximum atomic E-state index is 13.1. The SMILES string of the molecule is NC/C(=C/c1ccc(F)c(Cl)c1)C1CCCCC1. The molecule has 2 N–H and O–H groups in total. The molecule has 0 bridgehead atoms. The van der Waals surface area contributed by atoms with Crippen LogP contribution in [0.2, 0.25) is 5.02 Å². The monoisotopic (exact) mass is 267 g/mol. The summed E-state index contributed by atoms with van der Waals surface area (Å²) in [5.74, 6) is 0.216. The quantitative estimate of drug-likeness (QED) is 0.863. The van der Waals surface area contributed by atoms with E-state index in [1.54, 1.807) is 12.1 Å². The number of benzene rings is 1. The molecule has 0 heterocycles. The highest BCUT2D eigenvalue weighted by molar-refractivity contribution is 6.30. The smallest absolute Gasteiger partial charge is 0.141 e. The van der Waals surface area contributed by atoms with Crippen molar-refractivity contribution in [1.29, 1.82) is 0 Å². The Morgan fingerprint density at radius 1 is 1.33 bits per heavy atom. The molecule has 1 aromatic rings. The van der Waals surface area contributed by atoms with Crippen molar-refractivity contribution in [3.05, 3.63) is 40.2 Å².